The Bertz CT molecular complexity index is 725. The molecule has 1 N–H and O–H groups in total. The summed E-state index contributed by atoms with van der Waals surface area (Å²) in [6, 6.07) is 7.63. The van der Waals surface area contributed by atoms with Gasteiger partial charge in [0.25, 0.3) is 5.91 Å². The Morgan fingerprint density at radius 1 is 1.24 bits per heavy atom. The number of amides is 1. The first-order valence-corrected chi connectivity index (χ1v) is 9.31. The first-order valence-electron chi connectivity index (χ1n) is 8.49. The molecule has 0 spiro atoms. The third-order valence-corrected chi connectivity index (χ3v) is 4.91. The summed E-state index contributed by atoms with van der Waals surface area (Å²) in [5.41, 5.74) is 4.43. The Labute approximate surface area is 153 Å². The summed E-state index contributed by atoms with van der Waals surface area (Å²) in [6.45, 7) is 12.5. The maximum atomic E-state index is 12.2. The lowest BCUT2D eigenvalue weighted by molar-refractivity contribution is 0.0955. The molecule has 0 fully saturated rings. The highest BCUT2D eigenvalue weighted by atomic mass is 32.1. The van der Waals surface area contributed by atoms with E-state index in [9.17, 15) is 4.79 Å². The Morgan fingerprint density at radius 2 is 1.88 bits per heavy atom. The molecular weight excluding hydrogens is 332 g/mol. The van der Waals surface area contributed by atoms with Crippen LogP contribution in [-0.4, -0.2) is 30.2 Å². The molecule has 0 aliphatic heterocycles. The summed E-state index contributed by atoms with van der Waals surface area (Å²) < 4.78 is 0. The lowest BCUT2D eigenvalue weighted by Gasteiger charge is -2.18. The molecule has 0 unspecified atom stereocenters. The minimum Gasteiger partial charge on any atom is -0.349 e. The van der Waals surface area contributed by atoms with E-state index in [1.165, 1.54) is 5.56 Å². The van der Waals surface area contributed by atoms with Gasteiger partial charge >= 0.3 is 0 Å². The molecule has 1 heterocycles. The standard InChI is InChI=1S/C19H26N4OS/c1-6-23(7-2)18-20-12-16(25-18)13-21-22-17(24)14-8-10-15(11-9-14)19(3,4)5/h8-13H,6-7H2,1-5H3,(H,22,24)/b21-13-. The summed E-state index contributed by atoms with van der Waals surface area (Å²) in [6.07, 6.45) is 3.40. The Morgan fingerprint density at radius 3 is 2.44 bits per heavy atom. The van der Waals surface area contributed by atoms with E-state index in [2.05, 4.69) is 55.0 Å². The molecule has 2 rings (SSSR count). The molecule has 0 saturated carbocycles. The van der Waals surface area contributed by atoms with Crippen molar-refractivity contribution in [3.8, 4) is 0 Å². The van der Waals surface area contributed by atoms with E-state index in [-0.39, 0.29) is 11.3 Å². The molecule has 5 nitrogen and oxygen atoms in total. The second-order valence-corrected chi connectivity index (χ2v) is 7.78. The highest BCUT2D eigenvalue weighted by Crippen LogP contribution is 2.22. The topological polar surface area (TPSA) is 57.6 Å². The van der Waals surface area contributed by atoms with E-state index in [1.807, 2.05) is 24.3 Å². The normalized spacial score (nSPS) is 11.7. The maximum absolute atomic E-state index is 12.2. The van der Waals surface area contributed by atoms with Gasteiger partial charge in [0.15, 0.2) is 5.13 Å². The molecule has 1 amide bonds. The number of benzene rings is 1. The van der Waals surface area contributed by atoms with Crippen molar-refractivity contribution < 1.29 is 4.79 Å². The highest BCUT2D eigenvalue weighted by Gasteiger charge is 2.14. The van der Waals surface area contributed by atoms with E-state index in [0.717, 1.165) is 23.1 Å². The molecule has 2 aromatic rings. The largest absolute Gasteiger partial charge is 0.349 e. The molecule has 6 heteroatoms. The van der Waals surface area contributed by atoms with Crippen molar-refractivity contribution >= 4 is 28.6 Å². The fourth-order valence-corrected chi connectivity index (χ4v) is 3.23. The second-order valence-electron chi connectivity index (χ2n) is 6.74. The van der Waals surface area contributed by atoms with Crippen molar-refractivity contribution in [1.29, 1.82) is 0 Å². The lowest BCUT2D eigenvalue weighted by atomic mass is 9.87. The third kappa shape index (κ3) is 5.13. The number of nitrogens with zero attached hydrogens (tertiary/aromatic N) is 3. The van der Waals surface area contributed by atoms with Crippen LogP contribution in [0, 0.1) is 0 Å². The van der Waals surface area contributed by atoms with Crippen LogP contribution < -0.4 is 10.3 Å². The van der Waals surface area contributed by atoms with Crippen molar-refractivity contribution in [2.24, 2.45) is 5.10 Å². The molecule has 0 atom stereocenters. The quantitative estimate of drug-likeness (QED) is 0.626. The zero-order valence-electron chi connectivity index (χ0n) is 15.5. The van der Waals surface area contributed by atoms with Gasteiger partial charge in [0.2, 0.25) is 0 Å². The minimum atomic E-state index is -0.217. The lowest BCUT2D eigenvalue weighted by Crippen LogP contribution is -2.21. The molecule has 0 bridgehead atoms. The van der Waals surface area contributed by atoms with E-state index < -0.39 is 0 Å². The minimum absolute atomic E-state index is 0.0713. The first-order chi connectivity index (χ1) is 11.8. The molecule has 0 saturated heterocycles. The molecule has 1 aromatic heterocycles. The summed E-state index contributed by atoms with van der Waals surface area (Å²) in [5.74, 6) is -0.217. The van der Waals surface area contributed by atoms with E-state index >= 15 is 0 Å². The van der Waals surface area contributed by atoms with Gasteiger partial charge in [-0.15, -0.1) is 0 Å². The average Bonchev–Trinajstić information content (AvgIpc) is 3.04. The third-order valence-electron chi connectivity index (χ3n) is 3.92. The Kier molecular flexibility index (Phi) is 6.31. The van der Waals surface area contributed by atoms with Crippen LogP contribution in [0.4, 0.5) is 5.13 Å². The van der Waals surface area contributed by atoms with Crippen molar-refractivity contribution in [2.45, 2.75) is 40.0 Å². The summed E-state index contributed by atoms with van der Waals surface area (Å²) in [4.78, 5) is 19.6. The predicted molar refractivity (Wildman–Crippen MR) is 106 cm³/mol. The molecule has 1 aromatic carbocycles. The Hall–Kier alpha value is -2.21. The SMILES string of the molecule is CCN(CC)c1ncc(/C=N\NC(=O)c2ccc(C(C)(C)C)cc2)s1. The van der Waals surface area contributed by atoms with Gasteiger partial charge in [0, 0.05) is 24.8 Å². The number of anilines is 1. The summed E-state index contributed by atoms with van der Waals surface area (Å²) >= 11 is 1.56. The van der Waals surface area contributed by atoms with Crippen LogP contribution in [0.15, 0.2) is 35.6 Å². The number of carbonyl (C=O) groups excluding carboxylic acids is 1. The molecule has 0 aliphatic carbocycles. The number of hydrogen-bond acceptors (Lipinski definition) is 5. The number of aromatic nitrogens is 1. The van der Waals surface area contributed by atoms with Gasteiger partial charge in [-0.1, -0.05) is 44.2 Å². The van der Waals surface area contributed by atoms with Crippen molar-refractivity contribution in [3.05, 3.63) is 46.5 Å². The van der Waals surface area contributed by atoms with Gasteiger partial charge in [-0.25, -0.2) is 10.4 Å². The fraction of sp³-hybridized carbons (Fsp3) is 0.421. The van der Waals surface area contributed by atoms with Crippen LogP contribution >= 0.6 is 11.3 Å². The Balaban J connectivity index is 1.96. The number of carbonyl (C=O) groups is 1. The first kappa shape index (κ1) is 19.1. The van der Waals surface area contributed by atoms with Gasteiger partial charge in [-0.3, -0.25) is 4.79 Å². The van der Waals surface area contributed by atoms with Crippen LogP contribution in [0.1, 0.15) is 55.4 Å². The van der Waals surface area contributed by atoms with Crippen molar-refractivity contribution in [2.75, 3.05) is 18.0 Å². The van der Waals surface area contributed by atoms with Crippen LogP contribution in [0.5, 0.6) is 0 Å². The zero-order chi connectivity index (χ0) is 18.4. The molecule has 0 radical (unpaired) electrons. The zero-order valence-corrected chi connectivity index (χ0v) is 16.4. The monoisotopic (exact) mass is 358 g/mol. The highest BCUT2D eigenvalue weighted by molar-refractivity contribution is 7.17. The van der Waals surface area contributed by atoms with Gasteiger partial charge in [0.1, 0.15) is 0 Å². The molecular formula is C19H26N4OS. The van der Waals surface area contributed by atoms with Crippen LogP contribution in [-0.2, 0) is 5.41 Å². The van der Waals surface area contributed by atoms with E-state index in [1.54, 1.807) is 23.7 Å². The van der Waals surface area contributed by atoms with Crippen LogP contribution in [0.2, 0.25) is 0 Å². The maximum Gasteiger partial charge on any atom is 0.271 e. The number of thiazole rings is 1. The van der Waals surface area contributed by atoms with Gasteiger partial charge in [-0.05, 0) is 37.0 Å². The van der Waals surface area contributed by atoms with Crippen molar-refractivity contribution in [1.82, 2.24) is 10.4 Å². The van der Waals surface area contributed by atoms with Gasteiger partial charge in [-0.2, -0.15) is 5.10 Å². The number of hydrazone groups is 1. The van der Waals surface area contributed by atoms with E-state index in [4.69, 9.17) is 0 Å². The average molecular weight is 359 g/mol. The summed E-state index contributed by atoms with van der Waals surface area (Å²) in [5, 5.41) is 5.01. The van der Waals surface area contributed by atoms with Crippen LogP contribution in [0.3, 0.4) is 0 Å². The number of hydrogen-bond donors (Lipinski definition) is 1. The van der Waals surface area contributed by atoms with Crippen LogP contribution in [0.25, 0.3) is 0 Å². The fourth-order valence-electron chi connectivity index (χ4n) is 2.32. The molecule has 134 valence electrons. The van der Waals surface area contributed by atoms with E-state index in [0.29, 0.717) is 5.56 Å². The van der Waals surface area contributed by atoms with Gasteiger partial charge < -0.3 is 4.90 Å². The molecule has 0 aliphatic rings. The molecule has 25 heavy (non-hydrogen) atoms. The smallest absolute Gasteiger partial charge is 0.271 e. The number of rotatable bonds is 6. The second kappa shape index (κ2) is 8.25. The van der Waals surface area contributed by atoms with Gasteiger partial charge in [0.05, 0.1) is 11.1 Å². The van der Waals surface area contributed by atoms with Crippen molar-refractivity contribution in [3.63, 3.8) is 0 Å². The number of nitrogens with one attached hydrogen (secondary N) is 1. The predicted octanol–water partition coefficient (Wildman–Crippen LogP) is 4.05. The summed E-state index contributed by atoms with van der Waals surface area (Å²) in [7, 11) is 0.